The lowest BCUT2D eigenvalue weighted by atomic mass is 9.62. The van der Waals surface area contributed by atoms with Crippen LogP contribution in [0.3, 0.4) is 0 Å². The molecule has 1 heterocycles. The van der Waals surface area contributed by atoms with Crippen molar-refractivity contribution in [3.05, 3.63) is 59.7 Å². The van der Waals surface area contributed by atoms with Crippen molar-refractivity contribution in [3.63, 3.8) is 0 Å². The highest BCUT2D eigenvalue weighted by molar-refractivity contribution is 5.81. The summed E-state index contributed by atoms with van der Waals surface area (Å²) in [5.74, 6) is -1.30. The number of carbonyl (C=O) groups is 3. The molecule has 2 aromatic carbocycles. The zero-order chi connectivity index (χ0) is 27.1. The Balaban J connectivity index is 1.07. The second-order valence-corrected chi connectivity index (χ2v) is 11.6. The molecule has 1 saturated carbocycles. The lowest BCUT2D eigenvalue weighted by Gasteiger charge is -2.58. The zero-order valence-corrected chi connectivity index (χ0v) is 21.9. The van der Waals surface area contributed by atoms with Crippen molar-refractivity contribution in [2.75, 3.05) is 26.3 Å². The first-order chi connectivity index (χ1) is 18.0. The fourth-order valence-corrected chi connectivity index (χ4v) is 5.69. The number of amides is 2. The SMILES string of the molecule is CC(C)(C)OC(=O)N1CC2(CC(OC[C@H](NC(=O)OCC3c4ccccc4-c4ccccc43)C(=O)O)C2)C1. The number of hydrogen-bond acceptors (Lipinski definition) is 6. The Morgan fingerprint density at radius 1 is 1.03 bits per heavy atom. The topological polar surface area (TPSA) is 114 Å². The van der Waals surface area contributed by atoms with Gasteiger partial charge in [-0.15, -0.1) is 0 Å². The van der Waals surface area contributed by atoms with Crippen LogP contribution in [-0.4, -0.2) is 72.2 Å². The molecule has 2 fully saturated rings. The molecule has 2 aromatic rings. The average Bonchev–Trinajstić information content (AvgIpc) is 3.12. The molecule has 0 radical (unpaired) electrons. The van der Waals surface area contributed by atoms with Crippen LogP contribution in [0.5, 0.6) is 0 Å². The highest BCUT2D eigenvalue weighted by Gasteiger charge is 2.55. The Morgan fingerprint density at radius 2 is 1.61 bits per heavy atom. The van der Waals surface area contributed by atoms with Crippen molar-refractivity contribution in [1.82, 2.24) is 10.2 Å². The number of hydrogen-bond donors (Lipinski definition) is 2. The van der Waals surface area contributed by atoms with Gasteiger partial charge >= 0.3 is 18.2 Å². The number of rotatable bonds is 7. The van der Waals surface area contributed by atoms with E-state index in [1.54, 1.807) is 4.90 Å². The van der Waals surface area contributed by atoms with Gasteiger partial charge in [0.25, 0.3) is 0 Å². The van der Waals surface area contributed by atoms with E-state index in [1.165, 1.54) is 0 Å². The second kappa shape index (κ2) is 9.94. The molecule has 3 aliphatic rings. The molecule has 1 spiro atoms. The van der Waals surface area contributed by atoms with E-state index < -0.39 is 23.7 Å². The van der Waals surface area contributed by atoms with Crippen molar-refractivity contribution in [2.24, 2.45) is 5.41 Å². The molecular formula is C29H34N2O7. The summed E-state index contributed by atoms with van der Waals surface area (Å²) in [6, 6.07) is 14.8. The molecule has 2 N–H and O–H groups in total. The molecule has 1 aliphatic heterocycles. The van der Waals surface area contributed by atoms with Crippen molar-refractivity contribution in [3.8, 4) is 11.1 Å². The van der Waals surface area contributed by atoms with Crippen molar-refractivity contribution < 1.29 is 33.7 Å². The Bertz CT molecular complexity index is 1180. The number of ether oxygens (including phenoxy) is 3. The van der Waals surface area contributed by atoms with Crippen molar-refractivity contribution in [1.29, 1.82) is 0 Å². The molecule has 2 amide bonds. The number of nitrogens with zero attached hydrogens (tertiary/aromatic N) is 1. The van der Waals surface area contributed by atoms with E-state index in [0.29, 0.717) is 13.1 Å². The number of fused-ring (bicyclic) bond motifs is 3. The van der Waals surface area contributed by atoms with Gasteiger partial charge in [0.2, 0.25) is 0 Å². The standard InChI is InChI=1S/C29H34N2O7/c1-28(2,3)38-27(35)31-16-29(17-31)12-18(13-29)36-15-24(25(32)33)30-26(34)37-14-23-21-10-6-4-8-19(21)20-9-5-7-11-22(20)23/h4-11,18,23-24H,12-17H2,1-3H3,(H,30,34)(H,32,33)/t24-/m0/s1. The molecule has 1 atom stereocenters. The third-order valence-corrected chi connectivity index (χ3v) is 7.46. The fraction of sp³-hybridized carbons (Fsp3) is 0.483. The Kier molecular flexibility index (Phi) is 6.81. The Hall–Kier alpha value is -3.59. The maximum atomic E-state index is 12.5. The van der Waals surface area contributed by atoms with Gasteiger partial charge in [-0.3, -0.25) is 0 Å². The summed E-state index contributed by atoms with van der Waals surface area (Å²) in [4.78, 5) is 38.1. The third kappa shape index (κ3) is 5.34. The van der Waals surface area contributed by atoms with E-state index in [9.17, 15) is 19.5 Å². The molecule has 1 saturated heterocycles. The van der Waals surface area contributed by atoms with Crippen LogP contribution in [0.4, 0.5) is 9.59 Å². The van der Waals surface area contributed by atoms with Crippen LogP contribution in [0.2, 0.25) is 0 Å². The number of benzene rings is 2. The van der Waals surface area contributed by atoms with E-state index >= 15 is 0 Å². The first-order valence-electron chi connectivity index (χ1n) is 13.0. The highest BCUT2D eigenvalue weighted by atomic mass is 16.6. The Morgan fingerprint density at radius 3 is 2.16 bits per heavy atom. The number of carboxylic acids is 1. The van der Waals surface area contributed by atoms with E-state index in [4.69, 9.17) is 14.2 Å². The van der Waals surface area contributed by atoms with Crippen molar-refractivity contribution in [2.45, 2.75) is 57.3 Å². The fourth-order valence-electron chi connectivity index (χ4n) is 5.69. The maximum Gasteiger partial charge on any atom is 0.410 e. The highest BCUT2D eigenvalue weighted by Crippen LogP contribution is 2.50. The molecule has 202 valence electrons. The monoisotopic (exact) mass is 522 g/mol. The van der Waals surface area contributed by atoms with Gasteiger partial charge in [0.1, 0.15) is 12.2 Å². The lowest BCUT2D eigenvalue weighted by molar-refractivity contribution is -0.157. The molecule has 2 aliphatic carbocycles. The minimum Gasteiger partial charge on any atom is -0.480 e. The van der Waals surface area contributed by atoms with Gasteiger partial charge in [-0.25, -0.2) is 14.4 Å². The second-order valence-electron chi connectivity index (χ2n) is 11.6. The molecule has 0 unspecified atom stereocenters. The van der Waals surface area contributed by atoms with Gasteiger partial charge in [-0.05, 0) is 55.9 Å². The van der Waals surface area contributed by atoms with Gasteiger partial charge in [0, 0.05) is 24.4 Å². The molecule has 38 heavy (non-hydrogen) atoms. The van der Waals surface area contributed by atoms with E-state index in [2.05, 4.69) is 17.4 Å². The zero-order valence-electron chi connectivity index (χ0n) is 21.9. The maximum absolute atomic E-state index is 12.5. The smallest absolute Gasteiger partial charge is 0.410 e. The molecular weight excluding hydrogens is 488 g/mol. The van der Waals surface area contributed by atoms with Crippen molar-refractivity contribution >= 4 is 18.2 Å². The van der Waals surface area contributed by atoms with Crippen LogP contribution in [0.15, 0.2) is 48.5 Å². The molecule has 9 nitrogen and oxygen atoms in total. The summed E-state index contributed by atoms with van der Waals surface area (Å²) in [6.45, 7) is 6.68. The summed E-state index contributed by atoms with van der Waals surface area (Å²) in [5, 5.41) is 12.0. The summed E-state index contributed by atoms with van der Waals surface area (Å²) in [7, 11) is 0. The van der Waals surface area contributed by atoms with Crippen LogP contribution in [0.25, 0.3) is 11.1 Å². The first kappa shape index (κ1) is 26.0. The van der Waals surface area contributed by atoms with E-state index in [1.807, 2.05) is 57.2 Å². The average molecular weight is 523 g/mol. The minimum atomic E-state index is -1.22. The summed E-state index contributed by atoms with van der Waals surface area (Å²) < 4.78 is 16.7. The number of aliphatic carboxylic acids is 1. The van der Waals surface area contributed by atoms with Crippen LogP contribution >= 0.6 is 0 Å². The third-order valence-electron chi connectivity index (χ3n) is 7.46. The van der Waals surface area contributed by atoms with Crippen LogP contribution in [0.1, 0.15) is 50.7 Å². The van der Waals surface area contributed by atoms with Gasteiger partial charge in [-0.1, -0.05) is 48.5 Å². The van der Waals surface area contributed by atoms with E-state index in [0.717, 1.165) is 35.1 Å². The summed E-state index contributed by atoms with van der Waals surface area (Å²) in [5.41, 5.74) is 3.89. The van der Waals surface area contributed by atoms with Gasteiger partial charge in [-0.2, -0.15) is 0 Å². The largest absolute Gasteiger partial charge is 0.480 e. The minimum absolute atomic E-state index is 0.0144. The molecule has 5 rings (SSSR count). The molecule has 9 heteroatoms. The number of nitrogens with one attached hydrogen (secondary N) is 1. The van der Waals surface area contributed by atoms with Crippen LogP contribution in [0, 0.1) is 5.41 Å². The van der Waals surface area contributed by atoms with Crippen LogP contribution in [-0.2, 0) is 19.0 Å². The number of likely N-dealkylation sites (tertiary alicyclic amines) is 1. The normalized spacial score (nSPS) is 18.6. The predicted molar refractivity (Wildman–Crippen MR) is 139 cm³/mol. The quantitative estimate of drug-likeness (QED) is 0.554. The summed E-state index contributed by atoms with van der Waals surface area (Å²) in [6.07, 6.45) is 0.264. The van der Waals surface area contributed by atoms with E-state index in [-0.39, 0.29) is 36.7 Å². The van der Waals surface area contributed by atoms with Gasteiger partial charge in [0.05, 0.1) is 12.7 Å². The predicted octanol–water partition coefficient (Wildman–Crippen LogP) is 4.39. The van der Waals surface area contributed by atoms with Crippen LogP contribution < -0.4 is 5.32 Å². The lowest BCUT2D eigenvalue weighted by Crippen LogP contribution is -2.66. The number of alkyl carbamates (subject to hydrolysis) is 1. The van der Waals surface area contributed by atoms with Gasteiger partial charge in [0.15, 0.2) is 6.04 Å². The number of carbonyl (C=O) groups excluding carboxylic acids is 2. The summed E-state index contributed by atoms with van der Waals surface area (Å²) >= 11 is 0. The first-order valence-corrected chi connectivity index (χ1v) is 13.0. The molecule has 0 bridgehead atoms. The Labute approximate surface area is 222 Å². The molecule has 0 aromatic heterocycles. The number of carboxylic acid groups (broad SMARTS) is 1. The van der Waals surface area contributed by atoms with Gasteiger partial charge < -0.3 is 29.5 Å².